The normalized spacial score (nSPS) is 13.0. The van der Waals surface area contributed by atoms with Gasteiger partial charge in [-0.15, -0.1) is 0 Å². The summed E-state index contributed by atoms with van der Waals surface area (Å²) in [6.07, 6.45) is 0.0839. The van der Waals surface area contributed by atoms with E-state index in [4.69, 9.17) is 9.47 Å². The van der Waals surface area contributed by atoms with Crippen molar-refractivity contribution in [2.75, 3.05) is 30.5 Å². The molecule has 0 saturated carbocycles. The third kappa shape index (κ3) is 3.71. The summed E-state index contributed by atoms with van der Waals surface area (Å²) >= 11 is 0. The van der Waals surface area contributed by atoms with E-state index in [1.54, 1.807) is 18.2 Å². The van der Waals surface area contributed by atoms with Gasteiger partial charge in [0.25, 0.3) is 5.91 Å². The average Bonchev–Trinajstić information content (AvgIpc) is 2.62. The van der Waals surface area contributed by atoms with Gasteiger partial charge in [-0.1, -0.05) is 12.1 Å². The van der Waals surface area contributed by atoms with Crippen molar-refractivity contribution in [3.8, 4) is 11.5 Å². The first-order valence-electron chi connectivity index (χ1n) is 7.74. The largest absolute Gasteiger partial charge is 0.494 e. The number of methoxy groups -OCH3 is 1. The van der Waals surface area contributed by atoms with Crippen LogP contribution in [0.25, 0.3) is 0 Å². The van der Waals surface area contributed by atoms with Gasteiger partial charge < -0.3 is 19.7 Å². The maximum atomic E-state index is 13.2. The fourth-order valence-electron chi connectivity index (χ4n) is 2.59. The van der Waals surface area contributed by atoms with Crippen LogP contribution in [-0.4, -0.2) is 32.1 Å². The third-order valence-corrected chi connectivity index (χ3v) is 3.81. The molecule has 6 nitrogen and oxygen atoms in total. The number of ether oxygens (including phenoxy) is 2. The molecule has 2 aromatic carbocycles. The monoisotopic (exact) mass is 344 g/mol. The molecule has 0 aliphatic carbocycles. The van der Waals surface area contributed by atoms with Crippen LogP contribution in [0, 0.1) is 5.82 Å². The Morgan fingerprint density at radius 2 is 2.12 bits per heavy atom. The molecular formula is C18H17FN2O4. The lowest BCUT2D eigenvalue weighted by molar-refractivity contribution is -0.121. The molecule has 1 aliphatic rings. The van der Waals surface area contributed by atoms with Crippen LogP contribution in [-0.2, 0) is 9.59 Å². The molecule has 0 bridgehead atoms. The molecule has 0 unspecified atom stereocenters. The number of hydrogen-bond acceptors (Lipinski definition) is 4. The van der Waals surface area contributed by atoms with Gasteiger partial charge in [0, 0.05) is 19.0 Å². The molecule has 1 heterocycles. The number of nitrogens with zero attached hydrogens (tertiary/aromatic N) is 1. The topological polar surface area (TPSA) is 67.9 Å². The fourth-order valence-corrected chi connectivity index (χ4v) is 2.59. The Labute approximate surface area is 144 Å². The molecule has 0 saturated heterocycles. The molecule has 0 aromatic heterocycles. The number of para-hydroxylation sites is 2. The second-order valence-corrected chi connectivity index (χ2v) is 5.44. The minimum absolute atomic E-state index is 0.0512. The smallest absolute Gasteiger partial charge is 0.265 e. The van der Waals surface area contributed by atoms with Gasteiger partial charge in [-0.2, -0.15) is 0 Å². The first-order valence-corrected chi connectivity index (χ1v) is 7.74. The number of carbonyl (C=O) groups excluding carboxylic acids is 2. The maximum absolute atomic E-state index is 13.2. The van der Waals surface area contributed by atoms with E-state index in [1.807, 2.05) is 6.07 Å². The van der Waals surface area contributed by atoms with Crippen LogP contribution in [0.3, 0.4) is 0 Å². The molecule has 7 heteroatoms. The van der Waals surface area contributed by atoms with Gasteiger partial charge in [-0.05, 0) is 24.3 Å². The Morgan fingerprint density at radius 1 is 1.32 bits per heavy atom. The summed E-state index contributed by atoms with van der Waals surface area (Å²) in [5.41, 5.74) is 1.02. The summed E-state index contributed by atoms with van der Waals surface area (Å²) in [4.78, 5) is 25.8. The van der Waals surface area contributed by atoms with Gasteiger partial charge in [-0.25, -0.2) is 4.39 Å². The lowest BCUT2D eigenvalue weighted by Crippen LogP contribution is -2.40. The SMILES string of the molecule is COc1cc(F)ccc1NC(=O)CCN1C(=O)COc2ccccc21. The summed E-state index contributed by atoms with van der Waals surface area (Å²) in [6, 6.07) is 11.0. The zero-order valence-electron chi connectivity index (χ0n) is 13.6. The summed E-state index contributed by atoms with van der Waals surface area (Å²) < 4.78 is 23.6. The van der Waals surface area contributed by atoms with E-state index in [1.165, 1.54) is 30.2 Å². The zero-order valence-corrected chi connectivity index (χ0v) is 13.6. The molecule has 0 spiro atoms. The van der Waals surface area contributed by atoms with Crippen LogP contribution >= 0.6 is 0 Å². The highest BCUT2D eigenvalue weighted by Gasteiger charge is 2.25. The minimum Gasteiger partial charge on any atom is -0.494 e. The summed E-state index contributed by atoms with van der Waals surface area (Å²) in [5, 5.41) is 2.67. The van der Waals surface area contributed by atoms with Crippen molar-refractivity contribution in [3.63, 3.8) is 0 Å². The quantitative estimate of drug-likeness (QED) is 0.905. The van der Waals surface area contributed by atoms with Crippen molar-refractivity contribution in [3.05, 3.63) is 48.3 Å². The summed E-state index contributed by atoms with van der Waals surface area (Å²) in [5.74, 6) is -0.109. The second-order valence-electron chi connectivity index (χ2n) is 5.44. The van der Waals surface area contributed by atoms with Crippen molar-refractivity contribution < 1.29 is 23.5 Å². The van der Waals surface area contributed by atoms with E-state index in [-0.39, 0.29) is 37.1 Å². The molecule has 1 aliphatic heterocycles. The molecule has 2 amide bonds. The highest BCUT2D eigenvalue weighted by Crippen LogP contribution is 2.31. The number of benzene rings is 2. The number of amides is 2. The number of fused-ring (bicyclic) bond motifs is 1. The van der Waals surface area contributed by atoms with Gasteiger partial charge in [0.1, 0.15) is 17.3 Å². The number of carbonyl (C=O) groups is 2. The average molecular weight is 344 g/mol. The van der Waals surface area contributed by atoms with E-state index in [0.29, 0.717) is 17.1 Å². The minimum atomic E-state index is -0.453. The lowest BCUT2D eigenvalue weighted by atomic mass is 10.2. The predicted molar refractivity (Wildman–Crippen MR) is 90.5 cm³/mol. The van der Waals surface area contributed by atoms with E-state index in [0.717, 1.165) is 0 Å². The summed E-state index contributed by atoms with van der Waals surface area (Å²) in [7, 11) is 1.40. The Kier molecular flexibility index (Phi) is 4.83. The molecular weight excluding hydrogens is 327 g/mol. The van der Waals surface area contributed by atoms with E-state index < -0.39 is 5.82 Å². The Hall–Kier alpha value is -3.09. The van der Waals surface area contributed by atoms with Crippen LogP contribution in [0.2, 0.25) is 0 Å². The first-order chi connectivity index (χ1) is 12.1. The third-order valence-electron chi connectivity index (χ3n) is 3.81. The number of nitrogens with one attached hydrogen (secondary N) is 1. The number of anilines is 2. The number of hydrogen-bond donors (Lipinski definition) is 1. The van der Waals surface area contributed by atoms with Crippen LogP contribution < -0.4 is 19.7 Å². The fraction of sp³-hybridized carbons (Fsp3) is 0.222. The van der Waals surface area contributed by atoms with Crippen molar-refractivity contribution in [2.24, 2.45) is 0 Å². The van der Waals surface area contributed by atoms with Gasteiger partial charge in [-0.3, -0.25) is 9.59 Å². The van der Waals surface area contributed by atoms with Crippen LogP contribution in [0.15, 0.2) is 42.5 Å². The van der Waals surface area contributed by atoms with E-state index in [2.05, 4.69) is 5.32 Å². The lowest BCUT2D eigenvalue weighted by Gasteiger charge is -2.29. The Bertz CT molecular complexity index is 809. The van der Waals surface area contributed by atoms with Gasteiger partial charge in [0.2, 0.25) is 5.91 Å². The highest BCUT2D eigenvalue weighted by molar-refractivity contribution is 5.99. The van der Waals surface area contributed by atoms with Gasteiger partial charge in [0.05, 0.1) is 18.5 Å². The van der Waals surface area contributed by atoms with Crippen molar-refractivity contribution in [1.82, 2.24) is 0 Å². The van der Waals surface area contributed by atoms with Crippen molar-refractivity contribution in [1.29, 1.82) is 0 Å². The molecule has 1 N–H and O–H groups in total. The zero-order chi connectivity index (χ0) is 17.8. The molecule has 25 heavy (non-hydrogen) atoms. The summed E-state index contributed by atoms with van der Waals surface area (Å²) in [6.45, 7) is 0.166. The molecule has 0 radical (unpaired) electrons. The van der Waals surface area contributed by atoms with Crippen molar-refractivity contribution >= 4 is 23.2 Å². The number of halogens is 1. The molecule has 130 valence electrons. The molecule has 0 fully saturated rings. The van der Waals surface area contributed by atoms with Crippen LogP contribution in [0.4, 0.5) is 15.8 Å². The standard InChI is InChI=1S/C18H17FN2O4/c1-24-16-10-12(19)6-7-13(16)20-17(22)8-9-21-14-4-2-3-5-15(14)25-11-18(21)23/h2-7,10H,8-9,11H2,1H3,(H,20,22). The van der Waals surface area contributed by atoms with Crippen molar-refractivity contribution in [2.45, 2.75) is 6.42 Å². The van der Waals surface area contributed by atoms with Gasteiger partial charge in [0.15, 0.2) is 6.61 Å². The Morgan fingerprint density at radius 3 is 2.92 bits per heavy atom. The molecule has 3 rings (SSSR count). The van der Waals surface area contributed by atoms with Gasteiger partial charge >= 0.3 is 0 Å². The first kappa shape index (κ1) is 16.8. The predicted octanol–water partition coefficient (Wildman–Crippen LogP) is 2.59. The molecule has 0 atom stereocenters. The number of rotatable bonds is 5. The highest BCUT2D eigenvalue weighted by atomic mass is 19.1. The van der Waals surface area contributed by atoms with E-state index in [9.17, 15) is 14.0 Å². The maximum Gasteiger partial charge on any atom is 0.265 e. The van der Waals surface area contributed by atoms with Crippen LogP contribution in [0.5, 0.6) is 11.5 Å². The Balaban J connectivity index is 1.66. The second kappa shape index (κ2) is 7.21. The molecule has 2 aromatic rings. The van der Waals surface area contributed by atoms with Crippen LogP contribution in [0.1, 0.15) is 6.42 Å². The van der Waals surface area contributed by atoms with E-state index >= 15 is 0 Å².